The Kier molecular flexibility index (Phi) is 8.00. The van der Waals surface area contributed by atoms with E-state index in [1.807, 2.05) is 37.1 Å². The van der Waals surface area contributed by atoms with Crippen molar-refractivity contribution in [2.24, 2.45) is 4.99 Å². The molecule has 25 heavy (non-hydrogen) atoms. The molecule has 1 heterocycles. The molecule has 7 heteroatoms. The number of alkyl halides is 2. The van der Waals surface area contributed by atoms with Crippen LogP contribution in [0.2, 0.25) is 0 Å². The van der Waals surface area contributed by atoms with Crippen LogP contribution in [0.25, 0.3) is 0 Å². The second kappa shape index (κ2) is 9.76. The predicted octanol–water partition coefficient (Wildman–Crippen LogP) is 4.28. The molecule has 0 radical (unpaired) electrons. The third kappa shape index (κ3) is 6.13. The number of nitrogens with zero attached hydrogens (tertiary/aromatic N) is 3. The Morgan fingerprint density at radius 1 is 1.44 bits per heavy atom. The van der Waals surface area contributed by atoms with Crippen molar-refractivity contribution in [1.29, 1.82) is 5.41 Å². The van der Waals surface area contributed by atoms with Crippen molar-refractivity contribution in [1.82, 2.24) is 9.80 Å². The molecular weight excluding hydrogens is 407 g/mol. The summed E-state index contributed by atoms with van der Waals surface area (Å²) < 4.78 is 14.6. The van der Waals surface area contributed by atoms with Gasteiger partial charge >= 0.3 is 0 Å². The molecule has 1 aromatic carbocycles. The number of nitrogens with one attached hydrogen (secondary N) is 1. The van der Waals surface area contributed by atoms with Crippen LogP contribution in [0.5, 0.6) is 0 Å². The van der Waals surface area contributed by atoms with Crippen molar-refractivity contribution >= 4 is 38.5 Å². The van der Waals surface area contributed by atoms with Crippen LogP contribution < -0.4 is 0 Å². The number of halogens is 3. The minimum absolute atomic E-state index is 0.0397. The molecule has 1 aliphatic rings. The minimum Gasteiger partial charge on any atom is -0.294 e. The van der Waals surface area contributed by atoms with Crippen molar-refractivity contribution < 1.29 is 4.39 Å². The zero-order valence-corrected chi connectivity index (χ0v) is 17.0. The molecule has 1 aromatic rings. The van der Waals surface area contributed by atoms with E-state index in [4.69, 9.17) is 17.0 Å². The van der Waals surface area contributed by atoms with Crippen molar-refractivity contribution in [2.45, 2.75) is 43.5 Å². The largest absolute Gasteiger partial charge is 0.294 e. The quantitative estimate of drug-likeness (QED) is 0.303. The monoisotopic (exact) mass is 430 g/mol. The lowest BCUT2D eigenvalue weighted by atomic mass is 10.1. The normalized spacial score (nSPS) is 23.2. The van der Waals surface area contributed by atoms with E-state index >= 15 is 0 Å². The average molecular weight is 432 g/mol. The van der Waals surface area contributed by atoms with Gasteiger partial charge in [0.25, 0.3) is 0 Å². The lowest BCUT2D eigenvalue weighted by Crippen LogP contribution is -2.43. The molecule has 2 rings (SSSR count). The molecule has 0 bridgehead atoms. The van der Waals surface area contributed by atoms with Crippen LogP contribution in [0.3, 0.4) is 0 Å². The summed E-state index contributed by atoms with van der Waals surface area (Å²) >= 11 is 9.21. The summed E-state index contributed by atoms with van der Waals surface area (Å²) in [6.07, 6.45) is 0.445. The first-order chi connectivity index (χ1) is 11.9. The molecule has 4 nitrogen and oxygen atoms in total. The molecule has 1 saturated heterocycles. The SMILES string of the molecule is CCC(CC(Br)N(C)[C@H]1CN(Cc2ccccc2)C[C@H]1F)=NC(=N)Cl. The fraction of sp³-hybridized carbons (Fsp3) is 0.556. The minimum atomic E-state index is -0.887. The summed E-state index contributed by atoms with van der Waals surface area (Å²) in [6, 6.07) is 9.99. The standard InChI is InChI=1S/C18H25BrClFN4/c1-3-14(23-18(20)22)9-17(19)24(2)16-12-25(11-15(16)21)10-13-7-5-4-6-8-13/h4-8,15-17,22H,3,9-12H2,1-2H3/t15-,16+,17?/m1/s1. The highest BCUT2D eigenvalue weighted by Crippen LogP contribution is 2.25. The number of hydrogen-bond donors (Lipinski definition) is 1. The second-order valence-electron chi connectivity index (χ2n) is 6.39. The van der Waals surface area contributed by atoms with E-state index in [1.165, 1.54) is 5.56 Å². The summed E-state index contributed by atoms with van der Waals surface area (Å²) in [4.78, 5) is 8.18. The van der Waals surface area contributed by atoms with Gasteiger partial charge in [0.05, 0.1) is 11.0 Å². The fourth-order valence-electron chi connectivity index (χ4n) is 3.13. The van der Waals surface area contributed by atoms with Crippen LogP contribution in [-0.2, 0) is 6.54 Å². The van der Waals surface area contributed by atoms with Gasteiger partial charge in [-0.1, -0.05) is 53.2 Å². The molecule has 0 aromatic heterocycles. The van der Waals surface area contributed by atoms with Crippen LogP contribution in [-0.4, -0.2) is 58.1 Å². The Labute approximate surface area is 162 Å². The van der Waals surface area contributed by atoms with Gasteiger partial charge in [-0.25, -0.2) is 9.38 Å². The second-order valence-corrected chi connectivity index (χ2v) is 7.80. The maximum absolute atomic E-state index is 14.6. The number of likely N-dealkylation sites (tertiary alicyclic amines) is 1. The van der Waals surface area contributed by atoms with Gasteiger partial charge in [-0.15, -0.1) is 0 Å². The van der Waals surface area contributed by atoms with Crippen molar-refractivity contribution in [3.05, 3.63) is 35.9 Å². The first-order valence-corrected chi connectivity index (χ1v) is 9.77. The van der Waals surface area contributed by atoms with Gasteiger partial charge in [-0.2, -0.15) is 0 Å². The lowest BCUT2D eigenvalue weighted by Gasteiger charge is -2.30. The van der Waals surface area contributed by atoms with Crippen molar-refractivity contribution in [3.63, 3.8) is 0 Å². The van der Waals surface area contributed by atoms with Gasteiger partial charge in [0, 0.05) is 31.8 Å². The predicted molar refractivity (Wildman–Crippen MR) is 107 cm³/mol. The summed E-state index contributed by atoms with van der Waals surface area (Å²) in [5, 5.41) is 7.08. The van der Waals surface area contributed by atoms with Crippen LogP contribution in [0, 0.1) is 5.41 Å². The number of likely N-dealkylation sites (N-methyl/N-ethyl adjacent to an activating group) is 1. The molecule has 0 saturated carbocycles. The molecule has 138 valence electrons. The zero-order valence-electron chi connectivity index (χ0n) is 14.6. The third-order valence-corrected chi connectivity index (χ3v) is 5.63. The van der Waals surface area contributed by atoms with E-state index in [2.05, 4.69) is 38.0 Å². The molecule has 1 unspecified atom stereocenters. The average Bonchev–Trinajstić information content (AvgIpc) is 2.94. The van der Waals surface area contributed by atoms with Gasteiger partial charge in [-0.05, 0) is 30.6 Å². The Morgan fingerprint density at radius 2 is 2.12 bits per heavy atom. The molecule has 0 spiro atoms. The van der Waals surface area contributed by atoms with Gasteiger partial charge in [-0.3, -0.25) is 15.2 Å². The molecule has 1 fully saturated rings. The van der Waals surface area contributed by atoms with Gasteiger partial charge in [0.1, 0.15) is 6.17 Å². The summed E-state index contributed by atoms with van der Waals surface area (Å²) in [5.41, 5.74) is 2.04. The van der Waals surface area contributed by atoms with Gasteiger partial charge in [0.2, 0.25) is 5.29 Å². The van der Waals surface area contributed by atoms with Crippen LogP contribution in [0.15, 0.2) is 35.3 Å². The van der Waals surface area contributed by atoms with Crippen LogP contribution in [0.1, 0.15) is 25.3 Å². The number of aliphatic imine (C=N–C) groups is 1. The van der Waals surface area contributed by atoms with Gasteiger partial charge < -0.3 is 0 Å². The summed E-state index contributed by atoms with van der Waals surface area (Å²) in [5.74, 6) is 0. The summed E-state index contributed by atoms with van der Waals surface area (Å²) in [7, 11) is 1.93. The van der Waals surface area contributed by atoms with Crippen molar-refractivity contribution in [2.75, 3.05) is 20.1 Å². The maximum Gasteiger partial charge on any atom is 0.214 e. The molecule has 0 aliphatic carbocycles. The Bertz CT molecular complexity index is 598. The first-order valence-electron chi connectivity index (χ1n) is 8.47. The number of hydrogen-bond acceptors (Lipinski definition) is 3. The Morgan fingerprint density at radius 3 is 2.72 bits per heavy atom. The highest BCUT2D eigenvalue weighted by Gasteiger charge is 2.37. The van der Waals surface area contributed by atoms with Crippen LogP contribution in [0.4, 0.5) is 4.39 Å². The Balaban J connectivity index is 1.94. The third-order valence-electron chi connectivity index (χ3n) is 4.58. The number of benzene rings is 1. The molecule has 0 amide bonds. The summed E-state index contributed by atoms with van der Waals surface area (Å²) in [6.45, 7) is 3.89. The molecule has 1 aliphatic heterocycles. The maximum atomic E-state index is 14.6. The van der Waals surface area contributed by atoms with Crippen molar-refractivity contribution in [3.8, 4) is 0 Å². The highest BCUT2D eigenvalue weighted by atomic mass is 79.9. The smallest absolute Gasteiger partial charge is 0.214 e. The van der Waals surface area contributed by atoms with Gasteiger partial charge in [0.15, 0.2) is 0 Å². The van der Waals surface area contributed by atoms with E-state index < -0.39 is 6.17 Å². The van der Waals surface area contributed by atoms with Crippen LogP contribution >= 0.6 is 27.5 Å². The van der Waals surface area contributed by atoms with E-state index in [1.54, 1.807) is 0 Å². The topological polar surface area (TPSA) is 42.7 Å². The molecule has 1 N–H and O–H groups in total. The van der Waals surface area contributed by atoms with E-state index in [0.717, 1.165) is 18.7 Å². The van der Waals surface area contributed by atoms with E-state index in [0.29, 0.717) is 19.5 Å². The molecule has 3 atom stereocenters. The number of rotatable bonds is 7. The number of amidine groups is 1. The van der Waals surface area contributed by atoms with E-state index in [9.17, 15) is 4.39 Å². The van der Waals surface area contributed by atoms with E-state index in [-0.39, 0.29) is 16.3 Å². The Hall–Kier alpha value is -0.820. The lowest BCUT2D eigenvalue weighted by molar-refractivity contribution is 0.166. The zero-order chi connectivity index (χ0) is 18.4. The fourth-order valence-corrected chi connectivity index (χ4v) is 3.93. The first kappa shape index (κ1) is 20.5. The highest BCUT2D eigenvalue weighted by molar-refractivity contribution is 9.09. The molecular formula is C18H25BrClFN4.